The lowest BCUT2D eigenvalue weighted by molar-refractivity contribution is -0.140. The maximum atomic E-state index is 14.1. The number of nitriles is 1. The third-order valence-electron chi connectivity index (χ3n) is 8.65. The van der Waals surface area contributed by atoms with Crippen LogP contribution in [0, 0.1) is 18.3 Å². The van der Waals surface area contributed by atoms with E-state index in [-0.39, 0.29) is 17.7 Å². The number of carbonyl (C=O) groups is 2. The molecule has 2 amide bonds. The predicted molar refractivity (Wildman–Crippen MR) is 191 cm³/mol. The number of hydrogen-bond acceptors (Lipinski definition) is 7. The fraction of sp³-hybridized carbons (Fsp3) is 0.171. The molecule has 0 saturated carbocycles. The number of methoxy groups -OCH3 is 2. The molecule has 9 nitrogen and oxygen atoms in total. The first-order valence-electron chi connectivity index (χ1n) is 16.1. The van der Waals surface area contributed by atoms with Gasteiger partial charge >= 0.3 is 0 Å². The summed E-state index contributed by atoms with van der Waals surface area (Å²) in [6.45, 7) is 4.13. The maximum absolute atomic E-state index is 14.1. The average Bonchev–Trinajstić information content (AvgIpc) is 3.57. The minimum Gasteiger partial charge on any atom is -0.493 e. The van der Waals surface area contributed by atoms with Crippen LogP contribution < -0.4 is 14.2 Å². The van der Waals surface area contributed by atoms with Crippen molar-refractivity contribution in [1.82, 2.24) is 14.7 Å². The quantitative estimate of drug-likeness (QED) is 0.108. The molecule has 0 N–H and O–H groups in total. The summed E-state index contributed by atoms with van der Waals surface area (Å²) in [4.78, 5) is 28.6. The number of para-hydroxylation sites is 1. The molecule has 0 atom stereocenters. The second kappa shape index (κ2) is 14.8. The topological polar surface area (TPSA) is 107 Å². The van der Waals surface area contributed by atoms with Crippen LogP contribution in [0.5, 0.6) is 17.2 Å². The Morgan fingerprint density at radius 2 is 1.50 bits per heavy atom. The smallest absolute Gasteiger partial charge is 0.271 e. The van der Waals surface area contributed by atoms with Gasteiger partial charge in [0.15, 0.2) is 11.5 Å². The molecule has 250 valence electrons. The van der Waals surface area contributed by atoms with Gasteiger partial charge in [-0.25, -0.2) is 4.68 Å². The highest BCUT2D eigenvalue weighted by Gasteiger charge is 2.35. The fourth-order valence-electron chi connectivity index (χ4n) is 5.89. The van der Waals surface area contributed by atoms with Crippen LogP contribution in [0.15, 0.2) is 120 Å². The summed E-state index contributed by atoms with van der Waals surface area (Å²) in [5.74, 6) is 0.780. The van der Waals surface area contributed by atoms with E-state index in [1.54, 1.807) is 38.0 Å². The van der Waals surface area contributed by atoms with Crippen molar-refractivity contribution in [3.05, 3.63) is 142 Å². The first kappa shape index (κ1) is 33.5. The van der Waals surface area contributed by atoms with Crippen LogP contribution >= 0.6 is 0 Å². The lowest BCUT2D eigenvalue weighted by Gasteiger charge is -2.27. The van der Waals surface area contributed by atoms with E-state index in [0.717, 1.165) is 38.6 Å². The average molecular weight is 665 g/mol. The van der Waals surface area contributed by atoms with E-state index in [4.69, 9.17) is 19.3 Å². The summed E-state index contributed by atoms with van der Waals surface area (Å²) in [6.07, 6.45) is 3.93. The highest BCUT2D eigenvalue weighted by molar-refractivity contribution is 6.19. The van der Waals surface area contributed by atoms with E-state index in [1.165, 1.54) is 0 Å². The van der Waals surface area contributed by atoms with Gasteiger partial charge in [-0.3, -0.25) is 14.5 Å². The molecule has 0 radical (unpaired) electrons. The highest BCUT2D eigenvalue weighted by atomic mass is 16.5. The Kier molecular flexibility index (Phi) is 9.91. The Hall–Kier alpha value is -6.40. The van der Waals surface area contributed by atoms with E-state index >= 15 is 0 Å². The van der Waals surface area contributed by atoms with Crippen molar-refractivity contribution in [2.45, 2.75) is 26.9 Å². The summed E-state index contributed by atoms with van der Waals surface area (Å²) in [7, 11) is 3.11. The Morgan fingerprint density at radius 3 is 2.18 bits per heavy atom. The van der Waals surface area contributed by atoms with Crippen molar-refractivity contribution < 1.29 is 23.8 Å². The lowest BCUT2D eigenvalue weighted by Crippen LogP contribution is -2.43. The summed E-state index contributed by atoms with van der Waals surface area (Å²) in [6, 6.07) is 33.0. The third-order valence-corrected chi connectivity index (χ3v) is 8.65. The van der Waals surface area contributed by atoms with Gasteiger partial charge in [-0.15, -0.1) is 0 Å². The molecule has 1 aromatic heterocycles. The number of aryl methyl sites for hydroxylation is 1. The minimum atomic E-state index is -0.616. The van der Waals surface area contributed by atoms with Gasteiger partial charge in [-0.2, -0.15) is 10.4 Å². The fourth-order valence-corrected chi connectivity index (χ4v) is 5.89. The number of amides is 2. The van der Waals surface area contributed by atoms with Crippen molar-refractivity contribution in [3.63, 3.8) is 0 Å². The number of rotatable bonds is 11. The first-order valence-corrected chi connectivity index (χ1v) is 16.1. The van der Waals surface area contributed by atoms with Gasteiger partial charge in [0.05, 0.1) is 25.6 Å². The third kappa shape index (κ3) is 6.91. The SMILES string of the molecule is COc1ccc(CCN2C(=O)C(C#N)=C(C)/C(=C\c3cn(-c4ccccc4)nc3-c3ccc(OCc4ccccc4)c(C)c3)C2=O)cc1OC. The molecule has 50 heavy (non-hydrogen) atoms. The second-order valence-corrected chi connectivity index (χ2v) is 11.8. The molecule has 0 spiro atoms. The largest absolute Gasteiger partial charge is 0.493 e. The standard InChI is InChI=1S/C41H36N4O5/c1-27-21-31(16-18-36(27)50-26-30-11-7-5-8-12-30)39-32(25-45(43-39)33-13-9-6-10-14-33)23-34-28(2)35(24-42)41(47)44(40(34)46)20-19-29-15-17-37(48-3)38(22-29)49-4/h5-18,21-23,25H,19-20,26H2,1-4H3/b34-23+. The Bertz CT molecular complexity index is 2160. The Labute approximate surface area is 291 Å². The van der Waals surface area contributed by atoms with E-state index in [1.807, 2.05) is 110 Å². The number of nitrogens with zero attached hydrogens (tertiary/aromatic N) is 4. The van der Waals surface area contributed by atoms with E-state index in [9.17, 15) is 14.9 Å². The van der Waals surface area contributed by atoms with E-state index < -0.39 is 11.8 Å². The summed E-state index contributed by atoms with van der Waals surface area (Å²) >= 11 is 0. The van der Waals surface area contributed by atoms with Crippen molar-refractivity contribution in [3.8, 4) is 40.3 Å². The molecule has 6 rings (SSSR count). The molecule has 5 aromatic rings. The van der Waals surface area contributed by atoms with Crippen LogP contribution in [0.25, 0.3) is 23.0 Å². The molecular weight excluding hydrogens is 628 g/mol. The van der Waals surface area contributed by atoms with E-state index in [0.29, 0.717) is 41.4 Å². The van der Waals surface area contributed by atoms with Gasteiger partial charge in [0.2, 0.25) is 0 Å². The zero-order chi connectivity index (χ0) is 35.2. The summed E-state index contributed by atoms with van der Waals surface area (Å²) < 4.78 is 18.6. The molecule has 0 fully saturated rings. The molecule has 2 heterocycles. The molecule has 9 heteroatoms. The maximum Gasteiger partial charge on any atom is 0.271 e. The number of imide groups is 1. The number of hydrogen-bond donors (Lipinski definition) is 0. The van der Waals surface area contributed by atoms with Crippen LogP contribution in [0.1, 0.15) is 29.2 Å². The molecule has 1 aliphatic rings. The first-order chi connectivity index (χ1) is 24.3. The van der Waals surface area contributed by atoms with Gasteiger partial charge < -0.3 is 14.2 Å². The number of aromatic nitrogens is 2. The zero-order valence-corrected chi connectivity index (χ0v) is 28.3. The minimum absolute atomic E-state index is 0.0721. The molecule has 0 unspecified atom stereocenters. The second-order valence-electron chi connectivity index (χ2n) is 11.8. The van der Waals surface area contributed by atoms with E-state index in [2.05, 4.69) is 0 Å². The molecule has 0 bridgehead atoms. The lowest BCUT2D eigenvalue weighted by atomic mass is 9.93. The molecule has 4 aromatic carbocycles. The van der Waals surface area contributed by atoms with Crippen molar-refractivity contribution >= 4 is 17.9 Å². The molecule has 0 aliphatic carbocycles. The van der Waals surface area contributed by atoms with Crippen LogP contribution in [-0.2, 0) is 22.6 Å². The van der Waals surface area contributed by atoms with Gasteiger partial charge in [0.1, 0.15) is 24.0 Å². The van der Waals surface area contributed by atoms with Gasteiger partial charge in [-0.05, 0) is 91.1 Å². The van der Waals surface area contributed by atoms with Gasteiger partial charge in [0, 0.05) is 29.4 Å². The van der Waals surface area contributed by atoms with Crippen LogP contribution in [-0.4, -0.2) is 47.3 Å². The zero-order valence-electron chi connectivity index (χ0n) is 28.3. The monoisotopic (exact) mass is 664 g/mol. The molecule has 1 aliphatic heterocycles. The van der Waals surface area contributed by atoms with Crippen molar-refractivity contribution in [2.75, 3.05) is 20.8 Å². The van der Waals surface area contributed by atoms with Gasteiger partial charge in [0.25, 0.3) is 11.8 Å². The van der Waals surface area contributed by atoms with Crippen molar-refractivity contribution in [1.29, 1.82) is 5.26 Å². The Balaban J connectivity index is 1.36. The van der Waals surface area contributed by atoms with Crippen LogP contribution in [0.2, 0.25) is 0 Å². The number of benzene rings is 4. The van der Waals surface area contributed by atoms with Gasteiger partial charge in [-0.1, -0.05) is 54.6 Å². The van der Waals surface area contributed by atoms with Crippen molar-refractivity contribution in [2.24, 2.45) is 0 Å². The van der Waals surface area contributed by atoms with Crippen LogP contribution in [0.4, 0.5) is 0 Å². The molecular formula is C41H36N4O5. The number of ether oxygens (including phenoxy) is 3. The number of carbonyl (C=O) groups excluding carboxylic acids is 2. The molecule has 0 saturated heterocycles. The normalized spacial score (nSPS) is 13.8. The predicted octanol–water partition coefficient (Wildman–Crippen LogP) is 7.28. The summed E-state index contributed by atoms with van der Waals surface area (Å²) in [5.41, 5.74) is 6.29. The highest BCUT2D eigenvalue weighted by Crippen LogP contribution is 2.34. The van der Waals surface area contributed by atoms with Crippen LogP contribution in [0.3, 0.4) is 0 Å². The Morgan fingerprint density at radius 1 is 0.800 bits per heavy atom. The summed E-state index contributed by atoms with van der Waals surface area (Å²) in [5, 5.41) is 15.0.